The van der Waals surface area contributed by atoms with Crippen LogP contribution in [0.25, 0.3) is 0 Å². The van der Waals surface area contributed by atoms with Crippen LogP contribution in [0.1, 0.15) is 129 Å². The second-order valence-corrected chi connectivity index (χ2v) is 16.1. The van der Waals surface area contributed by atoms with Gasteiger partial charge in [-0.15, -0.1) is 0 Å². The van der Waals surface area contributed by atoms with Crippen molar-refractivity contribution in [3.8, 4) is 0 Å². The molecule has 0 spiro atoms. The monoisotopic (exact) mass is 756 g/mol. The van der Waals surface area contributed by atoms with Crippen LogP contribution >= 0.6 is 7.82 Å². The molecule has 0 aromatic rings. The summed E-state index contributed by atoms with van der Waals surface area (Å²) >= 11 is 0. The van der Waals surface area contributed by atoms with Crippen LogP contribution < -0.4 is 5.32 Å². The van der Waals surface area contributed by atoms with E-state index in [2.05, 4.69) is 55.6 Å². The average molecular weight is 756 g/mol. The van der Waals surface area contributed by atoms with E-state index >= 15 is 0 Å². The summed E-state index contributed by atoms with van der Waals surface area (Å²) in [7, 11) is 1.36. The summed E-state index contributed by atoms with van der Waals surface area (Å²) < 4.78 is 23.3. The molecule has 0 aliphatic rings. The van der Waals surface area contributed by atoms with Gasteiger partial charge in [0.25, 0.3) is 0 Å². The fourth-order valence-corrected chi connectivity index (χ4v) is 5.77. The Bertz CT molecular complexity index is 1070. The molecule has 11 heteroatoms. The lowest BCUT2D eigenvalue weighted by atomic mass is 10.0. The molecule has 0 saturated heterocycles. The molecule has 0 aliphatic carbocycles. The zero-order valence-electron chi connectivity index (χ0n) is 33.2. The van der Waals surface area contributed by atoms with Gasteiger partial charge in [0, 0.05) is 6.42 Å². The van der Waals surface area contributed by atoms with Crippen LogP contribution in [-0.2, 0) is 18.4 Å². The second-order valence-electron chi connectivity index (χ2n) is 14.6. The standard InChI is InChI=1S/C41H75N2O8P/c1-6-8-10-12-14-16-18-20-22-24-26-28-31-39(45)40(46)32-29-33-41(47)42-37(36-51-52(48,49)50-35-34-43(3,4)5)38(44)30-27-25-23-21-19-17-15-13-11-9-7-2/h14,16,19-22,26-28,30,37-40,44-46H,6-13,15,17-18,23-25,29,31-36H2,1-5H3,(H-,42,47,48,49)/p+1/b16-14-,21-19-,22-20-,28-26-,30-27+/t37-,38+,39?,40?/m0/s1. The molecule has 0 rings (SSSR count). The number of carbonyl (C=O) groups excluding carboxylic acids is 1. The van der Waals surface area contributed by atoms with Crippen LogP contribution in [0, 0.1) is 0 Å². The van der Waals surface area contributed by atoms with Crippen molar-refractivity contribution in [2.75, 3.05) is 40.9 Å². The number of quaternary nitrogens is 1. The number of hydrogen-bond acceptors (Lipinski definition) is 7. The first-order valence-corrected chi connectivity index (χ1v) is 21.3. The van der Waals surface area contributed by atoms with E-state index in [1.807, 2.05) is 39.4 Å². The van der Waals surface area contributed by atoms with E-state index in [0.29, 0.717) is 30.3 Å². The second kappa shape index (κ2) is 32.5. The molecular formula is C41H76N2O8P+. The molecule has 1 amide bonds. The number of hydrogen-bond donors (Lipinski definition) is 5. The molecule has 0 radical (unpaired) electrons. The molecular weight excluding hydrogens is 679 g/mol. The number of rotatable bonds is 34. The van der Waals surface area contributed by atoms with Crippen molar-refractivity contribution in [3.05, 3.63) is 60.8 Å². The number of nitrogens with one attached hydrogen (secondary N) is 1. The minimum absolute atomic E-state index is 0.00115. The van der Waals surface area contributed by atoms with Crippen molar-refractivity contribution < 1.29 is 43.1 Å². The lowest BCUT2D eigenvalue weighted by Gasteiger charge is -2.25. The molecule has 10 nitrogen and oxygen atoms in total. The normalized spacial score (nSPS) is 16.4. The highest BCUT2D eigenvalue weighted by Gasteiger charge is 2.28. The number of carbonyl (C=O) groups is 1. The summed E-state index contributed by atoms with van der Waals surface area (Å²) in [4.78, 5) is 23.0. The largest absolute Gasteiger partial charge is 0.472 e. The third-order valence-electron chi connectivity index (χ3n) is 8.41. The van der Waals surface area contributed by atoms with Crippen LogP contribution in [0.5, 0.6) is 0 Å². The van der Waals surface area contributed by atoms with Crippen molar-refractivity contribution in [2.24, 2.45) is 0 Å². The first-order valence-electron chi connectivity index (χ1n) is 19.8. The number of amides is 1. The molecule has 0 bridgehead atoms. The van der Waals surface area contributed by atoms with Crippen molar-refractivity contribution in [3.63, 3.8) is 0 Å². The van der Waals surface area contributed by atoms with Gasteiger partial charge in [0.2, 0.25) is 5.91 Å². The minimum atomic E-state index is -4.42. The quantitative estimate of drug-likeness (QED) is 0.0191. The molecule has 0 aliphatic heterocycles. The van der Waals surface area contributed by atoms with Crippen LogP contribution in [0.4, 0.5) is 0 Å². The predicted molar refractivity (Wildman–Crippen MR) is 215 cm³/mol. The molecule has 0 aromatic heterocycles. The Kier molecular flexibility index (Phi) is 31.4. The van der Waals surface area contributed by atoms with Gasteiger partial charge in [-0.1, -0.05) is 113 Å². The van der Waals surface area contributed by atoms with Gasteiger partial charge in [-0.05, 0) is 70.6 Å². The number of phosphoric ester groups is 1. The van der Waals surface area contributed by atoms with Crippen LogP contribution in [0.15, 0.2) is 60.8 Å². The van der Waals surface area contributed by atoms with Gasteiger partial charge in [0.1, 0.15) is 13.2 Å². The lowest BCUT2D eigenvalue weighted by molar-refractivity contribution is -0.870. The summed E-state index contributed by atoms with van der Waals surface area (Å²) in [5.74, 6) is -0.411. The number of allylic oxidation sites excluding steroid dienone is 8. The zero-order chi connectivity index (χ0) is 38.9. The Morgan fingerprint density at radius 2 is 1.27 bits per heavy atom. The number of phosphoric acid groups is 1. The molecule has 52 heavy (non-hydrogen) atoms. The Balaban J connectivity index is 4.82. The van der Waals surface area contributed by atoms with Crippen molar-refractivity contribution in [1.82, 2.24) is 5.32 Å². The van der Waals surface area contributed by atoms with Gasteiger partial charge in [-0.25, -0.2) is 4.57 Å². The number of nitrogens with zero attached hydrogens (tertiary/aromatic N) is 1. The summed E-state index contributed by atoms with van der Waals surface area (Å²) in [6, 6.07) is -0.999. The van der Waals surface area contributed by atoms with Crippen LogP contribution in [0.2, 0.25) is 0 Å². The van der Waals surface area contributed by atoms with Crippen LogP contribution in [-0.4, -0.2) is 95.9 Å². The average Bonchev–Trinajstić information content (AvgIpc) is 3.08. The third-order valence-corrected chi connectivity index (χ3v) is 9.40. The van der Waals surface area contributed by atoms with E-state index in [9.17, 15) is 29.6 Å². The van der Waals surface area contributed by atoms with E-state index in [-0.39, 0.29) is 19.4 Å². The summed E-state index contributed by atoms with van der Waals surface area (Å²) in [6.07, 6.45) is 33.2. The SMILES string of the molecule is CCCCC/C=C\C/C=C\C/C=C\CC(O)C(O)CCCC(=O)N[C@@H](COP(=O)(O)OCC[N+](C)(C)C)[C@H](O)/C=C/CC/C=C\CCCCCCC. The maximum Gasteiger partial charge on any atom is 0.472 e. The van der Waals surface area contributed by atoms with Crippen molar-refractivity contribution >= 4 is 13.7 Å². The Labute approximate surface area is 317 Å². The first kappa shape index (κ1) is 50.1. The Morgan fingerprint density at radius 3 is 1.94 bits per heavy atom. The van der Waals surface area contributed by atoms with E-state index in [4.69, 9.17) is 9.05 Å². The van der Waals surface area contributed by atoms with Crippen molar-refractivity contribution in [2.45, 2.75) is 154 Å². The molecule has 5 atom stereocenters. The fraction of sp³-hybridized carbons (Fsp3) is 0.732. The fourth-order valence-electron chi connectivity index (χ4n) is 5.04. The molecule has 0 aromatic carbocycles. The first-order chi connectivity index (χ1) is 24.8. The maximum atomic E-state index is 12.8. The summed E-state index contributed by atoms with van der Waals surface area (Å²) in [6.45, 7) is 4.46. The third kappa shape index (κ3) is 32.7. The molecule has 0 saturated carbocycles. The van der Waals surface area contributed by atoms with Crippen molar-refractivity contribution in [1.29, 1.82) is 0 Å². The number of likely N-dealkylation sites (N-methyl/N-ethyl adjacent to an activating group) is 1. The van der Waals surface area contributed by atoms with Gasteiger partial charge in [-0.3, -0.25) is 13.8 Å². The maximum absolute atomic E-state index is 12.8. The minimum Gasteiger partial charge on any atom is -0.390 e. The smallest absolute Gasteiger partial charge is 0.390 e. The van der Waals surface area contributed by atoms with E-state index in [0.717, 1.165) is 32.1 Å². The molecule has 3 unspecified atom stereocenters. The van der Waals surface area contributed by atoms with Gasteiger partial charge in [0.05, 0.1) is 52.1 Å². The molecule has 0 heterocycles. The number of aliphatic hydroxyl groups excluding tert-OH is 3. The Hall–Kier alpha value is -1.88. The van der Waals surface area contributed by atoms with E-state index < -0.39 is 44.7 Å². The van der Waals surface area contributed by atoms with E-state index in [1.54, 1.807) is 6.08 Å². The highest BCUT2D eigenvalue weighted by Crippen LogP contribution is 2.43. The lowest BCUT2D eigenvalue weighted by Crippen LogP contribution is -2.45. The Morgan fingerprint density at radius 1 is 0.712 bits per heavy atom. The van der Waals surface area contributed by atoms with Gasteiger partial charge >= 0.3 is 7.82 Å². The van der Waals surface area contributed by atoms with Gasteiger partial charge < -0.3 is 30.0 Å². The molecule has 302 valence electrons. The number of aliphatic hydroxyl groups is 3. The molecule has 5 N–H and O–H groups in total. The summed E-state index contributed by atoms with van der Waals surface area (Å²) in [5.41, 5.74) is 0. The highest BCUT2D eigenvalue weighted by molar-refractivity contribution is 7.47. The van der Waals surface area contributed by atoms with E-state index in [1.165, 1.54) is 51.4 Å². The number of unbranched alkanes of at least 4 members (excludes halogenated alkanes) is 9. The van der Waals surface area contributed by atoms with Gasteiger partial charge in [0.15, 0.2) is 0 Å². The molecule has 0 fully saturated rings. The predicted octanol–water partition coefficient (Wildman–Crippen LogP) is 8.24. The summed E-state index contributed by atoms with van der Waals surface area (Å²) in [5, 5.41) is 34.4. The topological polar surface area (TPSA) is 146 Å². The van der Waals surface area contributed by atoms with Gasteiger partial charge in [-0.2, -0.15) is 0 Å². The highest BCUT2D eigenvalue weighted by atomic mass is 31.2. The van der Waals surface area contributed by atoms with Crippen LogP contribution in [0.3, 0.4) is 0 Å². The zero-order valence-corrected chi connectivity index (χ0v) is 34.1.